The molecule has 0 radical (unpaired) electrons. The van der Waals surface area contributed by atoms with Gasteiger partial charge in [-0.25, -0.2) is 4.79 Å². The summed E-state index contributed by atoms with van der Waals surface area (Å²) < 4.78 is 35.9. The van der Waals surface area contributed by atoms with Crippen LogP contribution in [0.4, 0.5) is 0 Å². The second kappa shape index (κ2) is 8.05. The third kappa shape index (κ3) is 3.65. The van der Waals surface area contributed by atoms with E-state index >= 15 is 0 Å². The van der Waals surface area contributed by atoms with Crippen LogP contribution in [0.1, 0.15) is 45.1 Å². The molecule has 26 heavy (non-hydrogen) atoms. The molecule has 0 saturated carbocycles. The van der Waals surface area contributed by atoms with Gasteiger partial charge in [0.1, 0.15) is 5.58 Å². The van der Waals surface area contributed by atoms with Gasteiger partial charge in [-0.3, -0.25) is 4.57 Å². The van der Waals surface area contributed by atoms with Gasteiger partial charge in [0.2, 0.25) is 5.34 Å². The molecular formula is C19H25O6P. The summed E-state index contributed by atoms with van der Waals surface area (Å²) in [6.07, 6.45) is 3.31. The number of rotatable bonds is 10. The van der Waals surface area contributed by atoms with Crippen LogP contribution in [0.5, 0.6) is 0 Å². The van der Waals surface area contributed by atoms with Gasteiger partial charge in [-0.1, -0.05) is 44.9 Å². The number of benzene rings is 1. The van der Waals surface area contributed by atoms with Crippen molar-refractivity contribution >= 4 is 18.6 Å². The molecule has 7 heteroatoms. The maximum absolute atomic E-state index is 13.6. The van der Waals surface area contributed by atoms with E-state index in [4.69, 9.17) is 18.2 Å². The van der Waals surface area contributed by atoms with Crippen LogP contribution >= 0.6 is 7.60 Å². The number of hydrogen-bond acceptors (Lipinski definition) is 6. The van der Waals surface area contributed by atoms with E-state index in [0.717, 1.165) is 31.1 Å². The topological polar surface area (TPSA) is 78.3 Å². The molecule has 142 valence electrons. The third-order valence-electron chi connectivity index (χ3n) is 4.44. The molecule has 0 amide bonds. The summed E-state index contributed by atoms with van der Waals surface area (Å²) >= 11 is 0. The fourth-order valence-corrected chi connectivity index (χ4v) is 4.83. The van der Waals surface area contributed by atoms with Crippen LogP contribution < -0.4 is 5.63 Å². The first-order valence-corrected chi connectivity index (χ1v) is 10.7. The molecule has 2 aromatic rings. The normalized spacial score (nSPS) is 19.8. The summed E-state index contributed by atoms with van der Waals surface area (Å²) in [5, 5.41) is -0.621. The average molecular weight is 380 g/mol. The SMILES string of the molecule is CCCCOP(=O)(OCCCC)C1(c2cc3ccccc3oc2=O)CO1. The van der Waals surface area contributed by atoms with Gasteiger partial charge in [-0.05, 0) is 25.0 Å². The zero-order valence-electron chi connectivity index (χ0n) is 15.2. The van der Waals surface area contributed by atoms with Crippen molar-refractivity contribution < 1.29 is 22.8 Å². The molecular weight excluding hydrogens is 355 g/mol. The maximum Gasteiger partial charge on any atom is 0.369 e. The molecule has 3 rings (SSSR count). The Bertz CT molecular complexity index is 840. The van der Waals surface area contributed by atoms with E-state index in [0.29, 0.717) is 18.8 Å². The molecule has 1 aromatic heterocycles. The van der Waals surface area contributed by atoms with Crippen molar-refractivity contribution in [2.75, 3.05) is 19.8 Å². The summed E-state index contributed by atoms with van der Waals surface area (Å²) in [6, 6.07) is 8.87. The Hall–Kier alpha value is -1.46. The van der Waals surface area contributed by atoms with Crippen LogP contribution in [-0.4, -0.2) is 19.8 Å². The van der Waals surface area contributed by atoms with E-state index in [1.54, 1.807) is 18.2 Å². The van der Waals surface area contributed by atoms with Crippen LogP contribution in [-0.2, 0) is 23.7 Å². The van der Waals surface area contributed by atoms with Crippen LogP contribution in [0.25, 0.3) is 11.0 Å². The van der Waals surface area contributed by atoms with Gasteiger partial charge in [0.25, 0.3) is 0 Å². The fourth-order valence-electron chi connectivity index (χ4n) is 2.77. The number of epoxide rings is 1. The number of ether oxygens (including phenoxy) is 1. The highest BCUT2D eigenvalue weighted by Crippen LogP contribution is 2.71. The van der Waals surface area contributed by atoms with Gasteiger partial charge in [-0.2, -0.15) is 0 Å². The fraction of sp³-hybridized carbons (Fsp3) is 0.526. The monoisotopic (exact) mass is 380 g/mol. The van der Waals surface area contributed by atoms with Crippen LogP contribution in [0.2, 0.25) is 0 Å². The lowest BCUT2D eigenvalue weighted by Gasteiger charge is -2.24. The molecule has 1 saturated heterocycles. The molecule has 1 unspecified atom stereocenters. The lowest BCUT2D eigenvalue weighted by Crippen LogP contribution is -2.23. The van der Waals surface area contributed by atoms with E-state index in [-0.39, 0.29) is 12.2 Å². The standard InChI is InChI=1S/C19H25O6P/c1-3-5-11-23-26(21,24-12-6-4-2)19(14-22-19)16-13-15-9-7-8-10-17(15)25-18(16)20/h7-10,13H,3-6,11-12,14H2,1-2H3. The second-order valence-electron chi connectivity index (χ2n) is 6.43. The Morgan fingerprint density at radius 3 is 2.31 bits per heavy atom. The summed E-state index contributed by atoms with van der Waals surface area (Å²) in [4.78, 5) is 12.5. The zero-order chi connectivity index (χ0) is 18.6. The van der Waals surface area contributed by atoms with Gasteiger partial charge in [0.15, 0.2) is 0 Å². The predicted octanol–water partition coefficient (Wildman–Crippen LogP) is 4.80. The van der Waals surface area contributed by atoms with Crippen LogP contribution in [0.15, 0.2) is 39.5 Å². The highest BCUT2D eigenvalue weighted by molar-refractivity contribution is 7.55. The molecule has 0 spiro atoms. The van der Waals surface area contributed by atoms with Gasteiger partial charge in [-0.15, -0.1) is 0 Å². The van der Waals surface area contributed by atoms with E-state index in [9.17, 15) is 9.36 Å². The van der Waals surface area contributed by atoms with Crippen molar-refractivity contribution in [2.24, 2.45) is 0 Å². The minimum atomic E-state index is -3.68. The van der Waals surface area contributed by atoms with Crippen molar-refractivity contribution in [1.29, 1.82) is 0 Å². The maximum atomic E-state index is 13.6. The largest absolute Gasteiger partial charge is 0.422 e. The first-order chi connectivity index (χ1) is 12.6. The highest BCUT2D eigenvalue weighted by atomic mass is 31.2. The number of fused-ring (bicyclic) bond motifs is 1. The van der Waals surface area contributed by atoms with E-state index < -0.39 is 18.6 Å². The zero-order valence-corrected chi connectivity index (χ0v) is 16.1. The second-order valence-corrected chi connectivity index (χ2v) is 8.66. The average Bonchev–Trinajstić information content (AvgIpc) is 3.44. The van der Waals surface area contributed by atoms with E-state index in [2.05, 4.69) is 0 Å². The van der Waals surface area contributed by atoms with Crippen molar-refractivity contribution in [2.45, 2.75) is 44.9 Å². The summed E-state index contributed by atoms with van der Waals surface area (Å²) in [7, 11) is -3.68. The van der Waals surface area contributed by atoms with Crippen LogP contribution in [0, 0.1) is 0 Å². The summed E-state index contributed by atoms with van der Waals surface area (Å²) in [6.45, 7) is 4.75. The first kappa shape index (κ1) is 19.3. The van der Waals surface area contributed by atoms with Gasteiger partial charge in [0, 0.05) is 5.39 Å². The van der Waals surface area contributed by atoms with Gasteiger partial charge < -0.3 is 18.2 Å². The van der Waals surface area contributed by atoms with E-state index in [1.807, 2.05) is 26.0 Å². The molecule has 1 aliphatic rings. The highest BCUT2D eigenvalue weighted by Gasteiger charge is 2.65. The molecule has 1 aromatic carbocycles. The van der Waals surface area contributed by atoms with E-state index in [1.165, 1.54) is 0 Å². The predicted molar refractivity (Wildman–Crippen MR) is 99.4 cm³/mol. The molecule has 0 bridgehead atoms. The Kier molecular flexibility index (Phi) is 5.98. The smallest absolute Gasteiger partial charge is 0.369 e. The van der Waals surface area contributed by atoms with Crippen molar-refractivity contribution in [3.05, 3.63) is 46.3 Å². The molecule has 0 aliphatic carbocycles. The Morgan fingerprint density at radius 1 is 1.12 bits per heavy atom. The van der Waals surface area contributed by atoms with Gasteiger partial charge >= 0.3 is 13.2 Å². The van der Waals surface area contributed by atoms with Crippen LogP contribution in [0.3, 0.4) is 0 Å². The molecule has 6 nitrogen and oxygen atoms in total. The lowest BCUT2D eigenvalue weighted by atomic mass is 10.1. The Morgan fingerprint density at radius 2 is 1.73 bits per heavy atom. The number of para-hydroxylation sites is 1. The van der Waals surface area contributed by atoms with Crippen molar-refractivity contribution in [3.8, 4) is 0 Å². The molecule has 2 heterocycles. The summed E-state index contributed by atoms with van der Waals surface area (Å²) in [5.74, 6) is 0. The summed E-state index contributed by atoms with van der Waals surface area (Å²) in [5.41, 5.74) is 0.109. The number of unbranched alkanes of at least 4 members (excludes halogenated alkanes) is 2. The Labute approximate surface area is 153 Å². The minimum absolute atomic E-state index is 0.117. The first-order valence-electron chi connectivity index (χ1n) is 9.13. The Balaban J connectivity index is 1.98. The molecule has 1 aliphatic heterocycles. The molecule has 1 atom stereocenters. The van der Waals surface area contributed by atoms with Crippen molar-refractivity contribution in [1.82, 2.24) is 0 Å². The quantitative estimate of drug-likeness (QED) is 0.255. The van der Waals surface area contributed by atoms with Gasteiger partial charge in [0.05, 0.1) is 25.4 Å². The third-order valence-corrected chi connectivity index (χ3v) is 6.87. The minimum Gasteiger partial charge on any atom is -0.422 e. The number of hydrogen-bond donors (Lipinski definition) is 0. The molecule has 1 fully saturated rings. The van der Waals surface area contributed by atoms with Crippen molar-refractivity contribution in [3.63, 3.8) is 0 Å². The lowest BCUT2D eigenvalue weighted by molar-refractivity contribution is 0.170. The molecule has 0 N–H and O–H groups in total.